The number of carbonyl (C=O) groups is 1. The molecule has 1 heterocycles. The van der Waals surface area contributed by atoms with Gasteiger partial charge < -0.3 is 15.6 Å². The van der Waals surface area contributed by atoms with Gasteiger partial charge in [-0.3, -0.25) is 0 Å². The summed E-state index contributed by atoms with van der Waals surface area (Å²) in [7, 11) is 0. The number of cyclic esters (lactones) is 1. The van der Waals surface area contributed by atoms with Crippen molar-refractivity contribution in [2.75, 3.05) is 18.9 Å². The standard InChI is InChI=1S/C27H41NO3S/c1-25-10-7-20(32-14-4-3-13-28)16-19(25)5-6-23-22(25)8-11-26(2)21(9-12-27(23,26)30)18-15-24(29)31-17-18/h3-4,15,19-23,30H,5-14,16-17,28H2,1-2H3/b4-3+/t19-,20+,21-,22+,23-,25+,26-,27+/m1/s1. The molecule has 0 unspecified atom stereocenters. The minimum Gasteiger partial charge on any atom is -0.458 e. The predicted octanol–water partition coefficient (Wildman–Crippen LogP) is 4.86. The van der Waals surface area contributed by atoms with Crippen LogP contribution >= 0.6 is 11.8 Å². The van der Waals surface area contributed by atoms with E-state index in [4.69, 9.17) is 10.5 Å². The van der Waals surface area contributed by atoms with Crippen LogP contribution in [0, 0.1) is 34.5 Å². The number of nitrogens with two attached hydrogens (primary N) is 1. The molecule has 0 spiro atoms. The molecule has 4 fully saturated rings. The molecule has 8 atom stereocenters. The third-order valence-corrected chi connectivity index (χ3v) is 12.0. The highest BCUT2D eigenvalue weighted by molar-refractivity contribution is 8.00. The summed E-state index contributed by atoms with van der Waals surface area (Å²) >= 11 is 2.11. The van der Waals surface area contributed by atoms with Crippen LogP contribution in [0.15, 0.2) is 23.8 Å². The van der Waals surface area contributed by atoms with E-state index in [-0.39, 0.29) is 11.4 Å². The van der Waals surface area contributed by atoms with E-state index in [0.717, 1.165) is 41.8 Å². The Labute approximate surface area is 197 Å². The fourth-order valence-corrected chi connectivity index (χ4v) is 10.0. The summed E-state index contributed by atoms with van der Waals surface area (Å²) in [5, 5.41) is 13.1. The second kappa shape index (κ2) is 8.46. The van der Waals surface area contributed by atoms with Crippen molar-refractivity contribution in [2.45, 2.75) is 82.5 Å². The maximum Gasteiger partial charge on any atom is 0.331 e. The molecule has 4 saturated carbocycles. The third kappa shape index (κ3) is 3.44. The van der Waals surface area contributed by atoms with Crippen molar-refractivity contribution in [1.82, 2.24) is 0 Å². The summed E-state index contributed by atoms with van der Waals surface area (Å²) in [5.74, 6) is 3.01. The summed E-state index contributed by atoms with van der Waals surface area (Å²) in [6.07, 6.45) is 16.6. The molecule has 5 heteroatoms. The van der Waals surface area contributed by atoms with Crippen LogP contribution in [0.4, 0.5) is 0 Å². The average molecular weight is 460 g/mol. The number of aliphatic hydroxyl groups is 1. The Morgan fingerprint density at radius 1 is 1.12 bits per heavy atom. The number of ether oxygens (including phenoxy) is 1. The van der Waals surface area contributed by atoms with Crippen molar-refractivity contribution in [3.63, 3.8) is 0 Å². The number of hydrogen-bond acceptors (Lipinski definition) is 5. The molecular weight excluding hydrogens is 418 g/mol. The molecule has 0 aromatic heterocycles. The normalized spacial score (nSPS) is 48.2. The second-order valence-corrected chi connectivity index (χ2v) is 13.1. The maximum absolute atomic E-state index is 12.3. The van der Waals surface area contributed by atoms with Crippen LogP contribution in [0.3, 0.4) is 0 Å². The lowest BCUT2D eigenvalue weighted by Gasteiger charge is -2.63. The molecule has 0 aromatic rings. The van der Waals surface area contributed by atoms with Gasteiger partial charge in [-0.2, -0.15) is 11.8 Å². The molecule has 32 heavy (non-hydrogen) atoms. The lowest BCUT2D eigenvalue weighted by molar-refractivity contribution is -0.203. The predicted molar refractivity (Wildman–Crippen MR) is 130 cm³/mol. The van der Waals surface area contributed by atoms with E-state index in [1.807, 2.05) is 0 Å². The van der Waals surface area contributed by atoms with Crippen molar-refractivity contribution in [3.05, 3.63) is 23.8 Å². The van der Waals surface area contributed by atoms with Gasteiger partial charge in [-0.25, -0.2) is 4.79 Å². The van der Waals surface area contributed by atoms with Gasteiger partial charge >= 0.3 is 5.97 Å². The van der Waals surface area contributed by atoms with Crippen LogP contribution in [-0.4, -0.2) is 40.8 Å². The molecule has 5 rings (SSSR count). The van der Waals surface area contributed by atoms with Crippen LogP contribution in [0.2, 0.25) is 0 Å². The van der Waals surface area contributed by atoms with Crippen molar-refractivity contribution >= 4 is 17.7 Å². The molecule has 0 saturated heterocycles. The SMILES string of the molecule is C[C@]12CC[C@H](SC/C=C/CN)C[C@H]1CC[C@@H]1[C@@H]2CC[C@]2(C)[C@@H](C3=CC(=O)OC3)CC[C@]12O. The van der Waals surface area contributed by atoms with Crippen LogP contribution in [-0.2, 0) is 9.53 Å². The van der Waals surface area contributed by atoms with Gasteiger partial charge in [-0.05, 0) is 92.4 Å². The van der Waals surface area contributed by atoms with Crippen molar-refractivity contribution in [3.8, 4) is 0 Å². The lowest BCUT2D eigenvalue weighted by atomic mass is 9.43. The van der Waals surface area contributed by atoms with E-state index in [9.17, 15) is 9.90 Å². The monoisotopic (exact) mass is 459 g/mol. The zero-order valence-corrected chi connectivity index (χ0v) is 20.7. The molecule has 0 bridgehead atoms. The average Bonchev–Trinajstić information content (AvgIpc) is 3.31. The highest BCUT2D eigenvalue weighted by Crippen LogP contribution is 2.70. The molecule has 3 N–H and O–H groups in total. The largest absolute Gasteiger partial charge is 0.458 e. The number of carbonyl (C=O) groups excluding carboxylic acids is 1. The minimum atomic E-state index is -0.598. The Morgan fingerprint density at radius 2 is 1.97 bits per heavy atom. The minimum absolute atomic E-state index is 0.125. The number of thioether (sulfide) groups is 1. The first kappa shape index (κ1) is 23.0. The first-order valence-corrected chi connectivity index (χ1v) is 13.9. The van der Waals surface area contributed by atoms with E-state index in [2.05, 4.69) is 37.8 Å². The molecule has 4 nitrogen and oxygen atoms in total. The Balaban J connectivity index is 1.32. The van der Waals surface area contributed by atoms with E-state index in [1.165, 1.54) is 38.5 Å². The molecule has 178 valence electrons. The van der Waals surface area contributed by atoms with Gasteiger partial charge in [0.05, 0.1) is 5.60 Å². The van der Waals surface area contributed by atoms with E-state index >= 15 is 0 Å². The van der Waals surface area contributed by atoms with E-state index < -0.39 is 5.60 Å². The number of hydrogen-bond donors (Lipinski definition) is 2. The fraction of sp³-hybridized carbons (Fsp3) is 0.815. The highest BCUT2D eigenvalue weighted by Gasteiger charge is 2.67. The number of fused-ring (bicyclic) bond motifs is 5. The summed E-state index contributed by atoms with van der Waals surface area (Å²) in [6.45, 7) is 5.95. The van der Waals surface area contributed by atoms with Gasteiger partial charge in [-0.15, -0.1) is 0 Å². The van der Waals surface area contributed by atoms with Gasteiger partial charge in [0.1, 0.15) is 6.61 Å². The molecule has 0 amide bonds. The van der Waals surface area contributed by atoms with Crippen LogP contribution in [0.25, 0.3) is 0 Å². The first-order valence-electron chi connectivity index (χ1n) is 12.9. The van der Waals surface area contributed by atoms with Gasteiger partial charge in [-0.1, -0.05) is 26.0 Å². The zero-order chi connectivity index (χ0) is 22.6. The Hall–Kier alpha value is -0.780. The van der Waals surface area contributed by atoms with E-state index in [0.29, 0.717) is 36.3 Å². The van der Waals surface area contributed by atoms with Crippen molar-refractivity contribution in [2.24, 2.45) is 40.2 Å². The van der Waals surface area contributed by atoms with Crippen molar-refractivity contribution in [1.29, 1.82) is 0 Å². The lowest BCUT2D eigenvalue weighted by Crippen LogP contribution is -2.62. The van der Waals surface area contributed by atoms with Crippen molar-refractivity contribution < 1.29 is 14.6 Å². The summed E-state index contributed by atoms with van der Waals surface area (Å²) in [6, 6.07) is 0. The van der Waals surface area contributed by atoms with Gasteiger partial charge in [0.15, 0.2) is 0 Å². The molecule has 5 aliphatic rings. The van der Waals surface area contributed by atoms with Crippen LogP contribution < -0.4 is 5.73 Å². The Kier molecular flexibility index (Phi) is 6.08. The number of esters is 1. The third-order valence-electron chi connectivity index (χ3n) is 10.7. The highest BCUT2D eigenvalue weighted by atomic mass is 32.2. The molecule has 1 aliphatic heterocycles. The first-order chi connectivity index (χ1) is 15.3. The quantitative estimate of drug-likeness (QED) is 0.454. The smallest absolute Gasteiger partial charge is 0.331 e. The fourth-order valence-electron chi connectivity index (χ4n) is 8.88. The molecular formula is C27H41NO3S. The summed E-state index contributed by atoms with van der Waals surface area (Å²) in [4.78, 5) is 11.7. The van der Waals surface area contributed by atoms with E-state index in [1.54, 1.807) is 6.08 Å². The van der Waals surface area contributed by atoms with Gasteiger partial charge in [0.25, 0.3) is 0 Å². The van der Waals surface area contributed by atoms with Gasteiger partial charge in [0, 0.05) is 29.0 Å². The van der Waals surface area contributed by atoms with Crippen LogP contribution in [0.1, 0.15) is 71.6 Å². The molecule has 0 radical (unpaired) electrons. The zero-order valence-electron chi connectivity index (χ0n) is 19.9. The topological polar surface area (TPSA) is 72.6 Å². The summed E-state index contributed by atoms with van der Waals surface area (Å²) < 4.78 is 5.25. The summed E-state index contributed by atoms with van der Waals surface area (Å²) in [5.41, 5.74) is 6.36. The Morgan fingerprint density at radius 3 is 2.72 bits per heavy atom. The van der Waals surface area contributed by atoms with Crippen LogP contribution in [0.5, 0.6) is 0 Å². The molecule has 0 aromatic carbocycles. The Bertz CT molecular complexity index is 811. The number of rotatable bonds is 5. The second-order valence-electron chi connectivity index (χ2n) is 11.7. The maximum atomic E-state index is 12.3. The molecule has 4 aliphatic carbocycles. The van der Waals surface area contributed by atoms with Gasteiger partial charge in [0.2, 0.25) is 0 Å².